The molecule has 0 unspecified atom stereocenters. The van der Waals surface area contributed by atoms with E-state index in [1.165, 1.54) is 109 Å². The molecule has 2 aliphatic rings. The molecule has 2 aliphatic heterocycles. The van der Waals surface area contributed by atoms with Gasteiger partial charge in [0, 0.05) is 72.3 Å². The van der Waals surface area contributed by atoms with E-state index < -0.39 is 0 Å². The van der Waals surface area contributed by atoms with Crippen LogP contribution in [0.1, 0.15) is 137 Å². The van der Waals surface area contributed by atoms with Gasteiger partial charge in [-0.3, -0.25) is 0 Å². The summed E-state index contributed by atoms with van der Waals surface area (Å²) in [5.74, 6) is 0. The minimum absolute atomic E-state index is 0.00427. The fraction of sp³-hybridized carbons (Fsp3) is 0.306. The minimum Gasteiger partial charge on any atom is -0.342 e. The molecule has 6 heteroatoms. The maximum atomic E-state index is 2.65. The van der Waals surface area contributed by atoms with Gasteiger partial charge in [0.1, 0.15) is 0 Å². The predicted octanol–water partition coefficient (Wildman–Crippen LogP) is 18.9. The van der Waals surface area contributed by atoms with E-state index in [9.17, 15) is 0 Å². The Balaban J connectivity index is 1.17. The van der Waals surface area contributed by atoms with Crippen LogP contribution >= 0.6 is 11.3 Å². The molecular weight excluding hydrogens is 964 g/mol. The third kappa shape index (κ3) is 8.39. The average Bonchev–Trinajstić information content (AvgIpc) is 3.18. The van der Waals surface area contributed by atoms with E-state index in [0.717, 1.165) is 22.7 Å². The van der Waals surface area contributed by atoms with Crippen LogP contribution in [0.4, 0.5) is 51.2 Å². The molecule has 0 aliphatic carbocycles. The lowest BCUT2D eigenvalue weighted by atomic mass is 9.36. The van der Waals surface area contributed by atoms with Gasteiger partial charge in [-0.1, -0.05) is 177 Å². The van der Waals surface area contributed by atoms with Crippen molar-refractivity contribution in [1.29, 1.82) is 0 Å². The lowest BCUT2D eigenvalue weighted by molar-refractivity contribution is 0.590. The van der Waals surface area contributed by atoms with E-state index in [0.29, 0.717) is 0 Å². The standard InChI is InChI=1S/C72H77BN4S/c1-44-40-60-64-61(41-44)77(59-38-37-58(63-53-20-18-19-21-56(53)74(17)66(59)63)75(50-30-22-45(23-31-50)68(2,3)4)51-32-24-46(25-33-51)69(5,6)7)57-36-28-49(72(14,15)16)43-55(57)73(64)67-65(54-42-48(71(11,12)13)29-39-62(54)78-67)76(60)52-34-26-47(27-35-52)70(8,9)10/h18-43H,1-17H3. The maximum Gasteiger partial charge on any atom is 0.264 e. The maximum absolute atomic E-state index is 2.65. The van der Waals surface area contributed by atoms with Crippen molar-refractivity contribution < 1.29 is 0 Å². The van der Waals surface area contributed by atoms with E-state index in [4.69, 9.17) is 0 Å². The highest BCUT2D eigenvalue weighted by Crippen LogP contribution is 2.53. The topological polar surface area (TPSA) is 14.7 Å². The van der Waals surface area contributed by atoms with Gasteiger partial charge in [0.25, 0.3) is 6.71 Å². The second-order valence-corrected chi connectivity index (χ2v) is 28.8. The highest BCUT2D eigenvalue weighted by molar-refractivity contribution is 7.33. The summed E-state index contributed by atoms with van der Waals surface area (Å²) in [6, 6.07) is 61.6. The van der Waals surface area contributed by atoms with Crippen molar-refractivity contribution in [3.05, 3.63) is 191 Å². The predicted molar refractivity (Wildman–Crippen MR) is 343 cm³/mol. The Labute approximate surface area is 469 Å². The van der Waals surface area contributed by atoms with Crippen LogP contribution in [0.25, 0.3) is 31.9 Å². The number of rotatable bonds is 5. The Morgan fingerprint density at radius 1 is 0.449 bits per heavy atom. The van der Waals surface area contributed by atoms with Crippen LogP contribution in [0.2, 0.25) is 0 Å². The molecule has 0 atom stereocenters. The van der Waals surface area contributed by atoms with Crippen LogP contribution in [-0.4, -0.2) is 11.3 Å². The van der Waals surface area contributed by atoms with Crippen molar-refractivity contribution in [1.82, 2.24) is 4.57 Å². The Hall–Kier alpha value is -7.02. The molecule has 0 saturated carbocycles. The van der Waals surface area contributed by atoms with Crippen LogP contribution in [-0.2, 0) is 34.1 Å². The molecule has 0 radical (unpaired) electrons. The zero-order chi connectivity index (χ0) is 55.3. The smallest absolute Gasteiger partial charge is 0.264 e. The largest absolute Gasteiger partial charge is 0.342 e. The first-order valence-corrected chi connectivity index (χ1v) is 29.1. The second kappa shape index (κ2) is 17.7. The van der Waals surface area contributed by atoms with Crippen molar-refractivity contribution in [2.75, 3.05) is 14.7 Å². The van der Waals surface area contributed by atoms with Gasteiger partial charge in [0.05, 0.1) is 22.6 Å². The molecular formula is C72H77BN4S. The number of hydrogen-bond donors (Lipinski definition) is 0. The summed E-state index contributed by atoms with van der Waals surface area (Å²) in [5.41, 5.74) is 23.7. The van der Waals surface area contributed by atoms with Gasteiger partial charge >= 0.3 is 0 Å². The normalized spacial score (nSPS) is 13.9. The molecule has 10 aromatic rings. The summed E-state index contributed by atoms with van der Waals surface area (Å²) in [5, 5.41) is 3.78. The Morgan fingerprint density at radius 3 is 1.50 bits per heavy atom. The van der Waals surface area contributed by atoms with E-state index >= 15 is 0 Å². The fourth-order valence-electron chi connectivity index (χ4n) is 12.5. The summed E-state index contributed by atoms with van der Waals surface area (Å²) in [4.78, 5) is 7.78. The zero-order valence-electron chi connectivity index (χ0n) is 49.3. The van der Waals surface area contributed by atoms with Crippen molar-refractivity contribution in [3.63, 3.8) is 0 Å². The summed E-state index contributed by atoms with van der Waals surface area (Å²) in [7, 11) is 2.28. The number of anilines is 9. The SMILES string of the molecule is Cc1cc2c3c(c1)N(c1ccc(N(c4ccc(C(C)(C)C)cc4)c4ccc(C(C)(C)C)cc4)c4c5ccccc5n(C)c14)c1ccc(C(C)(C)C)cc1B3c1sc3ccc(C(C)(C)C)cc3c1N2c1ccc(C(C)(C)C)cc1. The van der Waals surface area contributed by atoms with Crippen molar-refractivity contribution in [3.8, 4) is 0 Å². The summed E-state index contributed by atoms with van der Waals surface area (Å²) >= 11 is 1.99. The van der Waals surface area contributed by atoms with Crippen molar-refractivity contribution >= 4 is 117 Å². The van der Waals surface area contributed by atoms with Gasteiger partial charge in [0.15, 0.2) is 0 Å². The molecule has 394 valence electrons. The number of aryl methyl sites for hydroxylation is 2. The monoisotopic (exact) mass is 1040 g/mol. The number of para-hydroxylation sites is 1. The number of hydrogen-bond acceptors (Lipinski definition) is 4. The first-order valence-electron chi connectivity index (χ1n) is 28.3. The van der Waals surface area contributed by atoms with Gasteiger partial charge < -0.3 is 19.3 Å². The lowest BCUT2D eigenvalue weighted by Crippen LogP contribution is -2.60. The molecule has 0 amide bonds. The molecule has 0 saturated heterocycles. The van der Waals surface area contributed by atoms with E-state index in [1.807, 2.05) is 11.3 Å². The highest BCUT2D eigenvalue weighted by Gasteiger charge is 2.46. The first-order chi connectivity index (χ1) is 36.7. The Kier molecular flexibility index (Phi) is 11.8. The van der Waals surface area contributed by atoms with E-state index in [1.54, 1.807) is 0 Å². The molecule has 12 rings (SSSR count). The molecule has 0 bridgehead atoms. The zero-order valence-corrected chi connectivity index (χ0v) is 50.1. The van der Waals surface area contributed by atoms with Crippen molar-refractivity contribution in [2.45, 2.75) is 138 Å². The van der Waals surface area contributed by atoms with Gasteiger partial charge in [-0.15, -0.1) is 11.3 Å². The first kappa shape index (κ1) is 51.7. The van der Waals surface area contributed by atoms with Crippen molar-refractivity contribution in [2.24, 2.45) is 7.05 Å². The van der Waals surface area contributed by atoms with Crippen LogP contribution in [0.5, 0.6) is 0 Å². The van der Waals surface area contributed by atoms with Gasteiger partial charge in [-0.05, 0) is 163 Å². The fourth-order valence-corrected chi connectivity index (χ4v) is 13.8. The van der Waals surface area contributed by atoms with Crippen LogP contribution in [0.3, 0.4) is 0 Å². The number of benzene rings is 8. The number of thiophene rings is 1. The summed E-state index contributed by atoms with van der Waals surface area (Å²) in [6.07, 6.45) is 0. The molecule has 4 heterocycles. The third-order valence-corrected chi connectivity index (χ3v) is 18.2. The van der Waals surface area contributed by atoms with Gasteiger partial charge in [-0.25, -0.2) is 0 Å². The molecule has 4 nitrogen and oxygen atoms in total. The molecule has 78 heavy (non-hydrogen) atoms. The van der Waals surface area contributed by atoms with E-state index in [2.05, 4.69) is 295 Å². The molecule has 8 aromatic carbocycles. The lowest BCUT2D eigenvalue weighted by Gasteiger charge is -2.44. The third-order valence-electron chi connectivity index (χ3n) is 17.0. The Morgan fingerprint density at radius 2 is 0.936 bits per heavy atom. The summed E-state index contributed by atoms with van der Waals surface area (Å²) in [6.45, 7) is 37.1. The van der Waals surface area contributed by atoms with Gasteiger partial charge in [0.2, 0.25) is 0 Å². The second-order valence-electron chi connectivity index (χ2n) is 27.7. The summed E-state index contributed by atoms with van der Waals surface area (Å²) < 4.78 is 5.19. The van der Waals surface area contributed by atoms with Crippen LogP contribution in [0.15, 0.2) is 158 Å². The van der Waals surface area contributed by atoms with Crippen LogP contribution in [0, 0.1) is 6.92 Å². The van der Waals surface area contributed by atoms with Crippen LogP contribution < -0.4 is 30.4 Å². The van der Waals surface area contributed by atoms with E-state index in [-0.39, 0.29) is 33.8 Å². The number of fused-ring (bicyclic) bond motifs is 9. The molecule has 2 aromatic heterocycles. The quantitative estimate of drug-likeness (QED) is 0.160. The minimum atomic E-state index is -0.0687. The van der Waals surface area contributed by atoms with Gasteiger partial charge in [-0.2, -0.15) is 0 Å². The number of aromatic nitrogens is 1. The number of nitrogens with zero attached hydrogens (tertiary/aromatic N) is 4. The molecule has 0 spiro atoms. The highest BCUT2D eigenvalue weighted by atomic mass is 32.1. The molecule has 0 fully saturated rings. The average molecular weight is 1040 g/mol. The Bertz CT molecular complexity index is 3950. The molecule has 0 N–H and O–H groups in total.